The van der Waals surface area contributed by atoms with Crippen LogP contribution < -0.4 is 15.0 Å². The van der Waals surface area contributed by atoms with Gasteiger partial charge in [0.25, 0.3) is 0 Å². The Labute approximate surface area is 187 Å². The summed E-state index contributed by atoms with van der Waals surface area (Å²) in [6.45, 7) is 8.19. The van der Waals surface area contributed by atoms with Crippen molar-refractivity contribution in [1.82, 2.24) is 15.0 Å². The first kappa shape index (κ1) is 21.5. The summed E-state index contributed by atoms with van der Waals surface area (Å²) < 4.78 is 11.1. The van der Waals surface area contributed by atoms with Crippen LogP contribution in [-0.2, 0) is 4.74 Å². The lowest BCUT2D eigenvalue weighted by molar-refractivity contribution is 0.178. The molecule has 0 spiro atoms. The van der Waals surface area contributed by atoms with Crippen molar-refractivity contribution in [3.8, 4) is 11.5 Å². The van der Waals surface area contributed by atoms with Crippen molar-refractivity contribution in [3.05, 3.63) is 65.5 Å². The molecule has 8 nitrogen and oxygen atoms in total. The van der Waals surface area contributed by atoms with E-state index in [1.165, 1.54) is 10.5 Å². The maximum atomic E-state index is 12.2. The number of aromatic nitrogens is 3. The number of aryl methyl sites for hydroxylation is 2. The van der Waals surface area contributed by atoms with Gasteiger partial charge in [-0.15, -0.1) is 0 Å². The number of benzene rings is 2. The number of carbonyl (C=O) groups is 1. The molecule has 1 fully saturated rings. The number of anilines is 2. The minimum absolute atomic E-state index is 0.0643. The molecule has 2 aromatic carbocycles. The van der Waals surface area contributed by atoms with Crippen LogP contribution in [0.2, 0.25) is 0 Å². The standard InChI is InChI=1S/C24H27N5O3/c1-5-19-14-31-24(30)29(19)23-27-17(4)26-22(28-23)25-16(3)18-8-12-21(13-9-18)32-20-10-6-15(2)7-11-20/h6-13,16,19H,5,14H2,1-4H3,(H,25,26,27,28)/t16?,19-/m0/s1. The van der Waals surface area contributed by atoms with E-state index in [0.717, 1.165) is 23.5 Å². The Hall–Kier alpha value is -3.68. The smallest absolute Gasteiger partial charge is 0.417 e. The van der Waals surface area contributed by atoms with Crippen molar-refractivity contribution in [1.29, 1.82) is 0 Å². The van der Waals surface area contributed by atoms with Crippen LogP contribution in [0, 0.1) is 13.8 Å². The number of ether oxygens (including phenoxy) is 2. The number of cyclic esters (lactones) is 1. The van der Waals surface area contributed by atoms with Crippen molar-refractivity contribution >= 4 is 18.0 Å². The fourth-order valence-corrected chi connectivity index (χ4v) is 3.49. The van der Waals surface area contributed by atoms with Gasteiger partial charge in [-0.25, -0.2) is 9.69 Å². The second kappa shape index (κ2) is 9.21. The molecule has 1 aliphatic rings. The lowest BCUT2D eigenvalue weighted by Crippen LogP contribution is -2.34. The van der Waals surface area contributed by atoms with E-state index in [1.807, 2.05) is 69.3 Å². The summed E-state index contributed by atoms with van der Waals surface area (Å²) in [5.41, 5.74) is 2.24. The molecule has 2 atom stereocenters. The topological polar surface area (TPSA) is 89.5 Å². The number of nitrogens with zero attached hydrogens (tertiary/aromatic N) is 4. The first-order chi connectivity index (χ1) is 15.4. The molecule has 0 saturated carbocycles. The van der Waals surface area contributed by atoms with Gasteiger partial charge < -0.3 is 14.8 Å². The number of rotatable bonds is 7. The van der Waals surface area contributed by atoms with Crippen molar-refractivity contribution in [2.45, 2.75) is 46.2 Å². The van der Waals surface area contributed by atoms with Gasteiger partial charge in [0.05, 0.1) is 12.1 Å². The molecule has 1 amide bonds. The normalized spacial score (nSPS) is 16.6. The Morgan fingerprint density at radius 3 is 2.38 bits per heavy atom. The van der Waals surface area contributed by atoms with E-state index in [4.69, 9.17) is 9.47 Å². The predicted molar refractivity (Wildman–Crippen MR) is 122 cm³/mol. The zero-order valence-corrected chi connectivity index (χ0v) is 18.7. The molecule has 1 N–H and O–H groups in total. The third-order valence-corrected chi connectivity index (χ3v) is 5.37. The van der Waals surface area contributed by atoms with Gasteiger partial charge in [-0.05, 0) is 57.0 Å². The SMILES string of the molecule is CC[C@H]1COC(=O)N1c1nc(C)nc(NC(C)c2ccc(Oc3ccc(C)cc3)cc2)n1. The molecule has 1 saturated heterocycles. The largest absolute Gasteiger partial charge is 0.457 e. The molecule has 0 aliphatic carbocycles. The second-order valence-corrected chi connectivity index (χ2v) is 7.87. The van der Waals surface area contributed by atoms with Crippen LogP contribution in [0.5, 0.6) is 11.5 Å². The fourth-order valence-electron chi connectivity index (χ4n) is 3.49. The average Bonchev–Trinajstić information content (AvgIpc) is 3.16. The zero-order chi connectivity index (χ0) is 22.7. The third kappa shape index (κ3) is 4.80. The van der Waals surface area contributed by atoms with Gasteiger partial charge in [0.1, 0.15) is 23.9 Å². The van der Waals surface area contributed by atoms with E-state index >= 15 is 0 Å². The summed E-state index contributed by atoms with van der Waals surface area (Å²) >= 11 is 0. The first-order valence-corrected chi connectivity index (χ1v) is 10.7. The Morgan fingerprint density at radius 2 is 1.72 bits per heavy atom. The van der Waals surface area contributed by atoms with Crippen LogP contribution in [0.3, 0.4) is 0 Å². The molecule has 8 heteroatoms. The number of nitrogens with one attached hydrogen (secondary N) is 1. The van der Waals surface area contributed by atoms with Gasteiger partial charge in [0.2, 0.25) is 11.9 Å². The molecule has 166 valence electrons. The summed E-state index contributed by atoms with van der Waals surface area (Å²) in [4.78, 5) is 26.9. The van der Waals surface area contributed by atoms with Crippen LogP contribution in [0.15, 0.2) is 48.5 Å². The molecule has 0 radical (unpaired) electrons. The third-order valence-electron chi connectivity index (χ3n) is 5.37. The van der Waals surface area contributed by atoms with Crippen LogP contribution in [0.4, 0.5) is 16.7 Å². The van der Waals surface area contributed by atoms with Crippen LogP contribution in [0.25, 0.3) is 0 Å². The number of hydrogen-bond acceptors (Lipinski definition) is 7. The zero-order valence-electron chi connectivity index (χ0n) is 18.7. The van der Waals surface area contributed by atoms with Crippen molar-refractivity contribution in [3.63, 3.8) is 0 Å². The van der Waals surface area contributed by atoms with E-state index in [9.17, 15) is 4.79 Å². The predicted octanol–water partition coefficient (Wildman–Crippen LogP) is 5.19. The van der Waals surface area contributed by atoms with Gasteiger partial charge in [-0.2, -0.15) is 15.0 Å². The second-order valence-electron chi connectivity index (χ2n) is 7.87. The summed E-state index contributed by atoms with van der Waals surface area (Å²) in [5, 5.41) is 3.30. The molecule has 32 heavy (non-hydrogen) atoms. The molecule has 1 unspecified atom stereocenters. The van der Waals surface area contributed by atoms with Crippen LogP contribution >= 0.6 is 0 Å². The summed E-state index contributed by atoms with van der Waals surface area (Å²) in [6.07, 6.45) is 0.331. The number of amides is 1. The summed E-state index contributed by atoms with van der Waals surface area (Å²) in [5.74, 6) is 2.81. The van der Waals surface area contributed by atoms with E-state index in [0.29, 0.717) is 24.3 Å². The molecule has 1 aromatic heterocycles. The van der Waals surface area contributed by atoms with E-state index < -0.39 is 6.09 Å². The average molecular weight is 434 g/mol. The highest BCUT2D eigenvalue weighted by atomic mass is 16.6. The quantitative estimate of drug-likeness (QED) is 0.548. The van der Waals surface area contributed by atoms with Crippen LogP contribution in [0.1, 0.15) is 43.3 Å². The van der Waals surface area contributed by atoms with E-state index in [1.54, 1.807) is 6.92 Å². The Bertz CT molecular complexity index is 1090. The van der Waals surface area contributed by atoms with Crippen LogP contribution in [-0.4, -0.2) is 33.7 Å². The molecule has 3 aromatic rings. The Kier molecular flexibility index (Phi) is 6.20. The molecular weight excluding hydrogens is 406 g/mol. The van der Waals surface area contributed by atoms with Gasteiger partial charge in [0.15, 0.2) is 0 Å². The fraction of sp³-hybridized carbons (Fsp3) is 0.333. The van der Waals surface area contributed by atoms with Gasteiger partial charge in [-0.1, -0.05) is 36.8 Å². The highest BCUT2D eigenvalue weighted by Gasteiger charge is 2.35. The number of hydrogen-bond donors (Lipinski definition) is 1. The number of carbonyl (C=O) groups excluding carboxylic acids is 1. The minimum Gasteiger partial charge on any atom is -0.457 e. The van der Waals surface area contributed by atoms with Gasteiger partial charge in [-0.3, -0.25) is 0 Å². The summed E-state index contributed by atoms with van der Waals surface area (Å²) in [6, 6.07) is 15.7. The van der Waals surface area contributed by atoms with E-state index in [2.05, 4.69) is 20.3 Å². The van der Waals surface area contributed by atoms with Gasteiger partial charge in [0, 0.05) is 0 Å². The molecular formula is C24H27N5O3. The monoisotopic (exact) mass is 433 g/mol. The van der Waals surface area contributed by atoms with Gasteiger partial charge >= 0.3 is 6.09 Å². The Morgan fingerprint density at radius 1 is 1.06 bits per heavy atom. The Balaban J connectivity index is 1.46. The van der Waals surface area contributed by atoms with Crippen molar-refractivity contribution in [2.75, 3.05) is 16.8 Å². The first-order valence-electron chi connectivity index (χ1n) is 10.7. The van der Waals surface area contributed by atoms with Crippen molar-refractivity contribution < 1.29 is 14.3 Å². The molecule has 0 bridgehead atoms. The van der Waals surface area contributed by atoms with Crippen molar-refractivity contribution in [2.24, 2.45) is 0 Å². The lowest BCUT2D eigenvalue weighted by atomic mass is 10.1. The molecule has 2 heterocycles. The highest BCUT2D eigenvalue weighted by molar-refractivity contribution is 5.88. The maximum Gasteiger partial charge on any atom is 0.417 e. The van der Waals surface area contributed by atoms with E-state index in [-0.39, 0.29) is 12.1 Å². The molecule has 4 rings (SSSR count). The maximum absolute atomic E-state index is 12.2. The molecule has 1 aliphatic heterocycles. The highest BCUT2D eigenvalue weighted by Crippen LogP contribution is 2.26. The summed E-state index contributed by atoms with van der Waals surface area (Å²) in [7, 11) is 0. The minimum atomic E-state index is -0.425. The lowest BCUT2D eigenvalue weighted by Gasteiger charge is -2.20.